The Balaban J connectivity index is 2.26. The van der Waals surface area contributed by atoms with Crippen molar-refractivity contribution < 1.29 is 0 Å². The zero-order valence-electron chi connectivity index (χ0n) is 8.52. The summed E-state index contributed by atoms with van der Waals surface area (Å²) in [6, 6.07) is 8.23. The van der Waals surface area contributed by atoms with Crippen molar-refractivity contribution in [2.75, 3.05) is 11.6 Å². The van der Waals surface area contributed by atoms with E-state index in [1.807, 2.05) is 36.2 Å². The van der Waals surface area contributed by atoms with Crippen LogP contribution in [0.25, 0.3) is 0 Å². The van der Waals surface area contributed by atoms with E-state index in [0.29, 0.717) is 6.54 Å². The molecule has 0 spiro atoms. The van der Waals surface area contributed by atoms with Gasteiger partial charge in [-0.3, -0.25) is 0 Å². The van der Waals surface area contributed by atoms with E-state index in [0.717, 1.165) is 15.7 Å². The van der Waals surface area contributed by atoms with Gasteiger partial charge in [0.1, 0.15) is 0 Å². The summed E-state index contributed by atoms with van der Waals surface area (Å²) in [6.45, 7) is 6.67. The molecule has 0 N–H and O–H groups in total. The fourth-order valence-electron chi connectivity index (χ4n) is 1.51. The molecule has 0 saturated heterocycles. The SMILES string of the molecule is C=C(C)C1CN=NN1c1ccc(Br)cc1. The minimum Gasteiger partial charge on any atom is -0.238 e. The number of anilines is 1. The number of nitrogens with zero attached hydrogens (tertiary/aromatic N) is 3. The van der Waals surface area contributed by atoms with Crippen LogP contribution in [-0.2, 0) is 0 Å². The largest absolute Gasteiger partial charge is 0.238 e. The summed E-state index contributed by atoms with van der Waals surface area (Å²) in [4.78, 5) is 0. The van der Waals surface area contributed by atoms with Gasteiger partial charge in [0.25, 0.3) is 0 Å². The summed E-state index contributed by atoms with van der Waals surface area (Å²) in [6.07, 6.45) is 0. The maximum absolute atomic E-state index is 4.12. The molecule has 1 aliphatic heterocycles. The van der Waals surface area contributed by atoms with Crippen molar-refractivity contribution in [2.24, 2.45) is 10.3 Å². The van der Waals surface area contributed by atoms with Crippen LogP contribution >= 0.6 is 15.9 Å². The highest BCUT2D eigenvalue weighted by molar-refractivity contribution is 9.10. The second kappa shape index (κ2) is 4.14. The van der Waals surface area contributed by atoms with Crippen molar-refractivity contribution in [3.8, 4) is 0 Å². The number of hydrogen-bond acceptors (Lipinski definition) is 3. The molecule has 15 heavy (non-hydrogen) atoms. The Bertz CT molecular complexity index is 397. The van der Waals surface area contributed by atoms with Crippen LogP contribution < -0.4 is 5.01 Å². The van der Waals surface area contributed by atoms with Crippen LogP contribution in [-0.4, -0.2) is 12.6 Å². The van der Waals surface area contributed by atoms with Crippen LogP contribution in [0.2, 0.25) is 0 Å². The van der Waals surface area contributed by atoms with Crippen molar-refractivity contribution in [1.82, 2.24) is 0 Å². The molecular formula is C11H12BrN3. The molecule has 4 heteroatoms. The van der Waals surface area contributed by atoms with Crippen LogP contribution in [0.5, 0.6) is 0 Å². The quantitative estimate of drug-likeness (QED) is 0.752. The van der Waals surface area contributed by atoms with Crippen molar-refractivity contribution in [3.05, 3.63) is 40.9 Å². The Labute approximate surface area is 97.6 Å². The fourth-order valence-corrected chi connectivity index (χ4v) is 1.78. The minimum absolute atomic E-state index is 0.200. The molecule has 1 aromatic carbocycles. The molecule has 1 aliphatic rings. The third-order valence-electron chi connectivity index (χ3n) is 2.37. The molecular weight excluding hydrogens is 254 g/mol. The van der Waals surface area contributed by atoms with Gasteiger partial charge in [-0.25, -0.2) is 5.01 Å². The first-order chi connectivity index (χ1) is 7.18. The Hall–Kier alpha value is -1.16. The van der Waals surface area contributed by atoms with E-state index in [-0.39, 0.29) is 6.04 Å². The first-order valence-electron chi connectivity index (χ1n) is 4.76. The van der Waals surface area contributed by atoms with Crippen LogP contribution in [0.1, 0.15) is 6.92 Å². The van der Waals surface area contributed by atoms with E-state index in [2.05, 4.69) is 32.8 Å². The third-order valence-corrected chi connectivity index (χ3v) is 2.90. The summed E-state index contributed by atoms with van der Waals surface area (Å²) >= 11 is 3.41. The van der Waals surface area contributed by atoms with Gasteiger partial charge in [0.15, 0.2) is 0 Å². The van der Waals surface area contributed by atoms with Crippen LogP contribution in [0.15, 0.2) is 51.2 Å². The van der Waals surface area contributed by atoms with Gasteiger partial charge < -0.3 is 0 Å². The van der Waals surface area contributed by atoms with Crippen LogP contribution in [0, 0.1) is 0 Å². The normalized spacial score (nSPS) is 19.6. The summed E-state index contributed by atoms with van der Waals surface area (Å²) in [7, 11) is 0. The second-order valence-electron chi connectivity index (χ2n) is 3.60. The predicted molar refractivity (Wildman–Crippen MR) is 64.9 cm³/mol. The number of halogens is 1. The maximum Gasteiger partial charge on any atom is 0.0961 e. The number of benzene rings is 1. The fraction of sp³-hybridized carbons (Fsp3) is 0.273. The lowest BCUT2D eigenvalue weighted by molar-refractivity contribution is 0.773. The van der Waals surface area contributed by atoms with Crippen LogP contribution in [0.3, 0.4) is 0 Å². The van der Waals surface area contributed by atoms with E-state index in [4.69, 9.17) is 0 Å². The lowest BCUT2D eigenvalue weighted by atomic mass is 10.1. The molecule has 0 fully saturated rings. The average molecular weight is 266 g/mol. The molecule has 0 bridgehead atoms. The average Bonchev–Trinajstić information content (AvgIpc) is 2.67. The molecule has 0 saturated carbocycles. The molecule has 1 atom stereocenters. The van der Waals surface area contributed by atoms with Crippen molar-refractivity contribution >= 4 is 21.6 Å². The van der Waals surface area contributed by atoms with Crippen LogP contribution in [0.4, 0.5) is 5.69 Å². The Kier molecular flexibility index (Phi) is 2.86. The summed E-state index contributed by atoms with van der Waals surface area (Å²) in [5.74, 6) is 0. The number of hydrogen-bond donors (Lipinski definition) is 0. The lowest BCUT2D eigenvalue weighted by Crippen LogP contribution is -2.29. The van der Waals surface area contributed by atoms with E-state index in [1.54, 1.807) is 0 Å². The van der Waals surface area contributed by atoms with Gasteiger partial charge in [-0.2, -0.15) is 5.11 Å². The van der Waals surface area contributed by atoms with E-state index < -0.39 is 0 Å². The second-order valence-corrected chi connectivity index (χ2v) is 4.51. The van der Waals surface area contributed by atoms with Gasteiger partial charge in [-0.05, 0) is 31.2 Å². The van der Waals surface area contributed by atoms with Crippen molar-refractivity contribution in [1.29, 1.82) is 0 Å². The zero-order valence-corrected chi connectivity index (χ0v) is 10.1. The maximum atomic E-state index is 4.12. The first-order valence-corrected chi connectivity index (χ1v) is 5.55. The molecule has 0 aromatic heterocycles. The summed E-state index contributed by atoms with van der Waals surface area (Å²) in [5, 5.41) is 10.1. The third kappa shape index (κ3) is 2.09. The van der Waals surface area contributed by atoms with E-state index in [1.165, 1.54) is 0 Å². The smallest absolute Gasteiger partial charge is 0.0961 e. The van der Waals surface area contributed by atoms with Crippen molar-refractivity contribution in [2.45, 2.75) is 13.0 Å². The van der Waals surface area contributed by atoms with Gasteiger partial charge in [-0.15, -0.1) is 0 Å². The standard InChI is InChI=1S/C11H12BrN3/c1-8(2)11-7-13-14-15(11)10-5-3-9(12)4-6-10/h3-6,11H,1,7H2,2H3. The molecule has 0 amide bonds. The molecule has 3 nitrogen and oxygen atoms in total. The van der Waals surface area contributed by atoms with Gasteiger partial charge in [-0.1, -0.05) is 33.3 Å². The molecule has 2 rings (SSSR count). The molecule has 0 aliphatic carbocycles. The monoisotopic (exact) mass is 265 g/mol. The number of rotatable bonds is 2. The highest BCUT2D eigenvalue weighted by Crippen LogP contribution is 2.26. The topological polar surface area (TPSA) is 28.0 Å². The van der Waals surface area contributed by atoms with Gasteiger partial charge >= 0.3 is 0 Å². The Morgan fingerprint density at radius 1 is 1.47 bits per heavy atom. The lowest BCUT2D eigenvalue weighted by Gasteiger charge is -2.21. The highest BCUT2D eigenvalue weighted by atomic mass is 79.9. The Morgan fingerprint density at radius 2 is 2.13 bits per heavy atom. The highest BCUT2D eigenvalue weighted by Gasteiger charge is 2.23. The Morgan fingerprint density at radius 3 is 2.73 bits per heavy atom. The van der Waals surface area contributed by atoms with Crippen molar-refractivity contribution in [3.63, 3.8) is 0 Å². The van der Waals surface area contributed by atoms with E-state index in [9.17, 15) is 0 Å². The van der Waals surface area contributed by atoms with E-state index >= 15 is 0 Å². The molecule has 0 radical (unpaired) electrons. The summed E-state index contributed by atoms with van der Waals surface area (Å²) < 4.78 is 1.06. The van der Waals surface area contributed by atoms with Gasteiger partial charge in [0.05, 0.1) is 18.3 Å². The zero-order chi connectivity index (χ0) is 10.8. The molecule has 78 valence electrons. The molecule has 1 heterocycles. The first kappa shape index (κ1) is 10.4. The molecule has 1 unspecified atom stereocenters. The molecule has 1 aromatic rings. The minimum atomic E-state index is 0.200. The summed E-state index contributed by atoms with van der Waals surface area (Å²) in [5.41, 5.74) is 2.13. The van der Waals surface area contributed by atoms with Gasteiger partial charge in [0, 0.05) is 4.47 Å². The predicted octanol–water partition coefficient (Wildman–Crippen LogP) is 3.58. The van der Waals surface area contributed by atoms with Gasteiger partial charge in [0.2, 0.25) is 0 Å².